The highest BCUT2D eigenvalue weighted by molar-refractivity contribution is 8.02. The van der Waals surface area contributed by atoms with Gasteiger partial charge in [-0.15, -0.1) is 0 Å². The minimum absolute atomic E-state index is 0.858. The van der Waals surface area contributed by atoms with Crippen molar-refractivity contribution in [3.63, 3.8) is 0 Å². The summed E-state index contributed by atoms with van der Waals surface area (Å²) < 4.78 is 20.4. The fourth-order valence-corrected chi connectivity index (χ4v) is 12.2. The molecule has 3 nitrogen and oxygen atoms in total. The largest absolute Gasteiger partial charge is 0.309 e. The van der Waals surface area contributed by atoms with Gasteiger partial charge in [0.05, 0.1) is 22.1 Å². The van der Waals surface area contributed by atoms with Gasteiger partial charge in [0.1, 0.15) is 0 Å². The first-order valence-corrected chi connectivity index (χ1v) is 18.3. The van der Waals surface area contributed by atoms with Gasteiger partial charge in [0.15, 0.2) is 7.14 Å². The van der Waals surface area contributed by atoms with Crippen molar-refractivity contribution in [1.29, 1.82) is 0 Å². The Morgan fingerprint density at radius 2 is 0.766 bits per heavy atom. The zero-order chi connectivity index (χ0) is 31.1. The van der Waals surface area contributed by atoms with Gasteiger partial charge in [-0.25, -0.2) is 0 Å². The van der Waals surface area contributed by atoms with Crippen molar-refractivity contribution in [3.8, 4) is 11.4 Å². The molecule has 1 aliphatic rings. The van der Waals surface area contributed by atoms with E-state index in [1.54, 1.807) is 11.8 Å². The number of benzene rings is 7. The Kier molecular flexibility index (Phi) is 5.78. The first kappa shape index (κ1) is 26.9. The molecule has 10 rings (SSSR count). The van der Waals surface area contributed by atoms with Crippen LogP contribution in [0.1, 0.15) is 0 Å². The third-order valence-corrected chi connectivity index (χ3v) is 14.2. The third kappa shape index (κ3) is 3.80. The van der Waals surface area contributed by atoms with Crippen LogP contribution in [0.5, 0.6) is 0 Å². The van der Waals surface area contributed by atoms with E-state index >= 15 is 4.57 Å². The Morgan fingerprint density at radius 1 is 0.404 bits per heavy atom. The molecule has 0 fully saturated rings. The van der Waals surface area contributed by atoms with Crippen LogP contribution in [-0.2, 0) is 4.57 Å². The molecule has 0 radical (unpaired) electrons. The molecule has 0 saturated heterocycles. The highest BCUT2D eigenvalue weighted by atomic mass is 32.2. The molecule has 7 aromatic carbocycles. The van der Waals surface area contributed by atoms with E-state index in [1.807, 2.05) is 30.3 Å². The summed E-state index contributed by atoms with van der Waals surface area (Å²) in [5.41, 5.74) is 6.78. The van der Waals surface area contributed by atoms with Crippen LogP contribution in [0.3, 0.4) is 0 Å². The van der Waals surface area contributed by atoms with E-state index in [4.69, 9.17) is 0 Å². The molecule has 0 spiro atoms. The summed E-state index contributed by atoms with van der Waals surface area (Å²) in [6.07, 6.45) is 0. The first-order valence-electron chi connectivity index (χ1n) is 15.8. The average molecular weight is 639 g/mol. The molecular weight excluding hydrogens is 612 g/mol. The van der Waals surface area contributed by atoms with Crippen molar-refractivity contribution in [1.82, 2.24) is 9.13 Å². The lowest BCUT2D eigenvalue weighted by molar-refractivity contribution is 0.591. The Labute approximate surface area is 276 Å². The molecular formula is C42H27N2OPS. The van der Waals surface area contributed by atoms with Crippen molar-refractivity contribution < 1.29 is 4.57 Å². The zero-order valence-electron chi connectivity index (χ0n) is 25.2. The van der Waals surface area contributed by atoms with Gasteiger partial charge < -0.3 is 13.7 Å². The Hall–Kier alpha value is -5.28. The van der Waals surface area contributed by atoms with Crippen molar-refractivity contribution >= 4 is 78.4 Å². The predicted octanol–water partition coefficient (Wildman–Crippen LogP) is 9.98. The van der Waals surface area contributed by atoms with Crippen LogP contribution in [0, 0.1) is 0 Å². The third-order valence-electron chi connectivity index (χ3n) is 9.58. The molecule has 9 aromatic rings. The maximum atomic E-state index is 15.7. The number of fused-ring (bicyclic) bond motifs is 8. The molecule has 0 unspecified atom stereocenters. The van der Waals surface area contributed by atoms with E-state index in [1.165, 1.54) is 21.5 Å². The maximum absolute atomic E-state index is 15.7. The summed E-state index contributed by atoms with van der Waals surface area (Å²) in [4.78, 5) is 2.06. The van der Waals surface area contributed by atoms with E-state index < -0.39 is 7.14 Å². The fraction of sp³-hybridized carbons (Fsp3) is 0. The van der Waals surface area contributed by atoms with Crippen LogP contribution in [0.15, 0.2) is 174 Å². The van der Waals surface area contributed by atoms with Gasteiger partial charge in [-0.1, -0.05) is 115 Å². The van der Waals surface area contributed by atoms with Crippen LogP contribution in [0.2, 0.25) is 0 Å². The SMILES string of the molecule is O=P1(c2ccccc2)c2ccc(-n3c4ccccc4c4ccccc43)cc2Sc2cc(-n3c4ccccc4c4ccccc43)ccc21. The fourth-order valence-electron chi connectivity index (χ4n) is 7.53. The summed E-state index contributed by atoms with van der Waals surface area (Å²) in [6.45, 7) is 0. The van der Waals surface area contributed by atoms with Crippen LogP contribution in [-0.4, -0.2) is 9.13 Å². The molecule has 0 aliphatic carbocycles. The predicted molar refractivity (Wildman–Crippen MR) is 199 cm³/mol. The van der Waals surface area contributed by atoms with Crippen molar-refractivity contribution in [3.05, 3.63) is 164 Å². The van der Waals surface area contributed by atoms with Gasteiger partial charge >= 0.3 is 0 Å². The summed E-state index contributed by atoms with van der Waals surface area (Å²) in [5, 5.41) is 7.56. The number of hydrogen-bond donors (Lipinski definition) is 0. The van der Waals surface area contributed by atoms with Gasteiger partial charge in [0.2, 0.25) is 0 Å². The molecule has 0 saturated carbocycles. The second-order valence-corrected chi connectivity index (χ2v) is 15.9. The van der Waals surface area contributed by atoms with Crippen molar-refractivity contribution in [2.45, 2.75) is 9.79 Å². The molecule has 47 heavy (non-hydrogen) atoms. The average Bonchev–Trinajstić information content (AvgIpc) is 3.65. The molecule has 0 amide bonds. The Balaban J connectivity index is 1.22. The molecule has 0 atom stereocenters. The lowest BCUT2D eigenvalue weighted by atomic mass is 10.2. The van der Waals surface area contributed by atoms with Crippen molar-refractivity contribution in [2.24, 2.45) is 0 Å². The van der Waals surface area contributed by atoms with Crippen LogP contribution >= 0.6 is 18.9 Å². The summed E-state index contributed by atoms with van der Waals surface area (Å²) >= 11 is 1.73. The van der Waals surface area contributed by atoms with Gasteiger partial charge in [-0.2, -0.15) is 0 Å². The lowest BCUT2D eigenvalue weighted by Gasteiger charge is -2.30. The van der Waals surface area contributed by atoms with E-state index in [-0.39, 0.29) is 0 Å². The molecule has 5 heteroatoms. The number of hydrogen-bond acceptors (Lipinski definition) is 2. The second kappa shape index (κ2) is 10.1. The number of aromatic nitrogens is 2. The summed E-state index contributed by atoms with van der Waals surface area (Å²) in [7, 11) is -3.17. The van der Waals surface area contributed by atoms with Gasteiger partial charge in [-0.3, -0.25) is 0 Å². The molecule has 222 valence electrons. The Bertz CT molecular complexity index is 2480. The standard InChI is InChI=1S/C42H27N2OPS/c45-46(30-12-2-1-3-13-30)39-24-22-28(43-35-18-8-4-14-31(35)32-15-5-9-19-36(32)43)26-41(39)47-42-27-29(23-25-40(42)46)44-37-20-10-6-16-33(37)34-17-7-11-21-38(34)44/h1-27H. The first-order chi connectivity index (χ1) is 23.2. The quantitative estimate of drug-likeness (QED) is 0.180. The normalized spacial score (nSPS) is 13.7. The summed E-state index contributed by atoms with van der Waals surface area (Å²) in [5.74, 6) is 0. The maximum Gasteiger partial charge on any atom is 0.173 e. The van der Waals surface area contributed by atoms with E-state index in [9.17, 15) is 0 Å². The van der Waals surface area contributed by atoms with Gasteiger partial charge in [0.25, 0.3) is 0 Å². The number of para-hydroxylation sites is 4. The molecule has 2 aromatic heterocycles. The molecule has 3 heterocycles. The van der Waals surface area contributed by atoms with Gasteiger partial charge in [-0.05, 0) is 60.7 Å². The lowest BCUT2D eigenvalue weighted by Crippen LogP contribution is -2.30. The molecule has 0 bridgehead atoms. The van der Waals surface area contributed by atoms with Crippen molar-refractivity contribution in [2.75, 3.05) is 0 Å². The van der Waals surface area contributed by atoms with E-state index in [2.05, 4.69) is 143 Å². The summed E-state index contributed by atoms with van der Waals surface area (Å²) in [6, 6.07) is 57.3. The minimum atomic E-state index is -3.17. The number of nitrogens with zero attached hydrogens (tertiary/aromatic N) is 2. The van der Waals surface area contributed by atoms with Crippen LogP contribution in [0.4, 0.5) is 0 Å². The minimum Gasteiger partial charge on any atom is -0.309 e. The Morgan fingerprint density at radius 3 is 1.17 bits per heavy atom. The van der Waals surface area contributed by atoms with E-state index in [0.717, 1.165) is 59.1 Å². The highest BCUT2D eigenvalue weighted by Gasteiger charge is 2.38. The number of rotatable bonds is 3. The van der Waals surface area contributed by atoms with Crippen LogP contribution in [0.25, 0.3) is 55.0 Å². The monoisotopic (exact) mass is 638 g/mol. The zero-order valence-corrected chi connectivity index (χ0v) is 27.0. The smallest absolute Gasteiger partial charge is 0.173 e. The second-order valence-electron chi connectivity index (χ2n) is 12.1. The highest BCUT2D eigenvalue weighted by Crippen LogP contribution is 2.53. The molecule has 0 N–H and O–H groups in total. The topological polar surface area (TPSA) is 26.9 Å². The van der Waals surface area contributed by atoms with Gasteiger partial charge in [0, 0.05) is 58.6 Å². The molecule has 1 aliphatic heterocycles. The van der Waals surface area contributed by atoms with Crippen LogP contribution < -0.4 is 15.9 Å². The van der Waals surface area contributed by atoms with E-state index in [0.29, 0.717) is 0 Å².